The normalized spacial score (nSPS) is 11.3. The molecule has 0 radical (unpaired) electrons. The lowest BCUT2D eigenvalue weighted by molar-refractivity contribution is -0.604. The second-order valence-corrected chi connectivity index (χ2v) is 14.2. The summed E-state index contributed by atoms with van der Waals surface area (Å²) in [7, 11) is 0. The predicted molar refractivity (Wildman–Crippen MR) is 226 cm³/mol. The number of hydrogen-bond acceptors (Lipinski definition) is 8. The number of carbonyl (C=O) groups is 3. The monoisotopic (exact) mass is 932 g/mol. The topological polar surface area (TPSA) is 160 Å². The molecule has 2 N–H and O–H groups in total. The number of halogens is 8. The third kappa shape index (κ3) is 12.3. The number of ether oxygens (including phenoxy) is 1. The molecule has 0 spiro atoms. The number of hydrogen-bond donors (Lipinski definition) is 2. The van der Waals surface area contributed by atoms with Gasteiger partial charge in [-0.1, -0.05) is 24.3 Å². The molecule has 0 aliphatic carbocycles. The molecule has 4 aromatic carbocycles. The van der Waals surface area contributed by atoms with Gasteiger partial charge in [0.1, 0.15) is 22.7 Å². The third-order valence-corrected chi connectivity index (χ3v) is 9.49. The molecular formula is C46H36F8N8O5. The minimum Gasteiger partial charge on any atom is -0.619 e. The molecule has 4 aromatic heterocycles. The summed E-state index contributed by atoms with van der Waals surface area (Å²) in [6.45, 7) is 3.41. The van der Waals surface area contributed by atoms with Crippen LogP contribution in [-0.4, -0.2) is 48.9 Å². The Morgan fingerprint density at radius 2 is 1.10 bits per heavy atom. The Labute approximate surface area is 374 Å². The number of benzene rings is 4. The Hall–Kier alpha value is -8.23. The van der Waals surface area contributed by atoms with Crippen molar-refractivity contribution >= 4 is 39.6 Å². The number of carbonyl (C=O) groups excluding carboxylic acids is 3. The molecule has 0 fully saturated rings. The van der Waals surface area contributed by atoms with E-state index in [1.165, 1.54) is 108 Å². The van der Waals surface area contributed by atoms with Crippen LogP contribution in [0, 0.1) is 16.8 Å². The van der Waals surface area contributed by atoms with Crippen LogP contribution in [0.5, 0.6) is 0 Å². The standard InChI is InChI=1S/C21H14F4N4O2.C21H14F4N4O.C4H8O2/c22-15-4-6-16(7-5-15)29-19-12-28(31)11-18(17(19)10-27-29)20(30)26-9-13-2-1-3-14(8-13)21(23,24)25;22-15-4-6-16(7-5-15)29-19-12-26-10-18(17(19)11-28-29)20(30)27-9-13-2-1-3-14(8-13)21(23,24)25;1-3-6-4(2)5/h1-8,10-12H,9H2,(H,26,30);1-8,10-12H,9H2,(H,27,30);3H2,1-2H3. The maximum absolute atomic E-state index is 13.2. The average molecular weight is 933 g/mol. The lowest BCUT2D eigenvalue weighted by atomic mass is 10.1. The fraction of sp³-hybridized carbons (Fsp3) is 0.152. The first-order chi connectivity index (χ1) is 31.8. The van der Waals surface area contributed by atoms with E-state index in [-0.39, 0.29) is 41.6 Å². The maximum atomic E-state index is 13.2. The highest BCUT2D eigenvalue weighted by Gasteiger charge is 2.31. The minimum absolute atomic E-state index is 0.00726. The van der Waals surface area contributed by atoms with E-state index in [2.05, 4.69) is 30.6 Å². The van der Waals surface area contributed by atoms with Crippen molar-refractivity contribution in [3.63, 3.8) is 0 Å². The zero-order chi connectivity index (χ0) is 48.5. The molecule has 0 saturated carbocycles. The lowest BCUT2D eigenvalue weighted by Gasteiger charge is -2.10. The summed E-state index contributed by atoms with van der Waals surface area (Å²) in [6, 6.07) is 20.4. The van der Waals surface area contributed by atoms with E-state index in [9.17, 15) is 54.7 Å². The smallest absolute Gasteiger partial charge is 0.416 e. The SMILES string of the molecule is CCOC(C)=O.O=C(NCc1cccc(C(F)(F)F)c1)c1c[n+]([O-])cc2c1cnn2-c1ccc(F)cc1.O=C(NCc1cccc(C(F)(F)F)c1)c1cncc2c1cnn2-c1ccc(F)cc1. The number of aromatic nitrogens is 6. The largest absolute Gasteiger partial charge is 0.619 e. The van der Waals surface area contributed by atoms with Crippen LogP contribution in [-0.2, 0) is 35.0 Å². The molecule has 346 valence electrons. The second-order valence-electron chi connectivity index (χ2n) is 14.2. The van der Waals surface area contributed by atoms with Crippen LogP contribution in [0.1, 0.15) is 56.8 Å². The van der Waals surface area contributed by atoms with Crippen LogP contribution in [0.3, 0.4) is 0 Å². The summed E-state index contributed by atoms with van der Waals surface area (Å²) in [5.74, 6) is -2.18. The summed E-state index contributed by atoms with van der Waals surface area (Å²) < 4.78 is 111. The van der Waals surface area contributed by atoms with Gasteiger partial charge in [0.25, 0.3) is 11.8 Å². The quantitative estimate of drug-likeness (QED) is 0.0629. The van der Waals surface area contributed by atoms with Gasteiger partial charge in [-0.3, -0.25) is 19.4 Å². The number of esters is 1. The van der Waals surface area contributed by atoms with Gasteiger partial charge in [0.05, 0.1) is 58.8 Å². The van der Waals surface area contributed by atoms with Crippen molar-refractivity contribution in [3.8, 4) is 11.4 Å². The summed E-state index contributed by atoms with van der Waals surface area (Å²) in [4.78, 5) is 39.2. The molecular weight excluding hydrogens is 897 g/mol. The first-order valence-electron chi connectivity index (χ1n) is 19.8. The van der Waals surface area contributed by atoms with Crippen molar-refractivity contribution in [2.75, 3.05) is 6.61 Å². The van der Waals surface area contributed by atoms with Gasteiger partial charge in [-0.05, 0) is 90.8 Å². The van der Waals surface area contributed by atoms with Crippen molar-refractivity contribution in [2.24, 2.45) is 0 Å². The Balaban J connectivity index is 0.000000197. The molecule has 0 unspecified atom stereocenters. The van der Waals surface area contributed by atoms with Gasteiger partial charge < -0.3 is 20.6 Å². The van der Waals surface area contributed by atoms with E-state index < -0.39 is 41.1 Å². The fourth-order valence-electron chi connectivity index (χ4n) is 6.40. The molecule has 4 heterocycles. The number of nitrogens with one attached hydrogen (secondary N) is 2. The van der Waals surface area contributed by atoms with Gasteiger partial charge in [0, 0.05) is 37.0 Å². The van der Waals surface area contributed by atoms with E-state index in [1.807, 2.05) is 0 Å². The summed E-state index contributed by atoms with van der Waals surface area (Å²) in [5.41, 5.74) is 1.14. The van der Waals surface area contributed by atoms with Crippen molar-refractivity contribution in [2.45, 2.75) is 39.3 Å². The molecule has 13 nitrogen and oxygen atoms in total. The summed E-state index contributed by atoms with van der Waals surface area (Å²) in [6.07, 6.45) is -0.915. The highest BCUT2D eigenvalue weighted by molar-refractivity contribution is 6.06. The van der Waals surface area contributed by atoms with Gasteiger partial charge in [-0.2, -0.15) is 41.3 Å². The van der Waals surface area contributed by atoms with Crippen LogP contribution in [0.2, 0.25) is 0 Å². The van der Waals surface area contributed by atoms with Gasteiger partial charge in [-0.15, -0.1) is 0 Å². The zero-order valence-corrected chi connectivity index (χ0v) is 35.1. The lowest BCUT2D eigenvalue weighted by Crippen LogP contribution is -2.30. The zero-order valence-electron chi connectivity index (χ0n) is 35.1. The van der Waals surface area contributed by atoms with Crippen molar-refractivity contribution in [3.05, 3.63) is 184 Å². The van der Waals surface area contributed by atoms with E-state index >= 15 is 0 Å². The van der Waals surface area contributed by atoms with Crippen LogP contribution < -0.4 is 15.4 Å². The summed E-state index contributed by atoms with van der Waals surface area (Å²) in [5, 5.41) is 26.5. The highest BCUT2D eigenvalue weighted by Crippen LogP contribution is 2.31. The Bertz CT molecular complexity index is 3030. The fourth-order valence-corrected chi connectivity index (χ4v) is 6.40. The molecule has 21 heteroatoms. The van der Waals surface area contributed by atoms with Crippen LogP contribution in [0.25, 0.3) is 33.2 Å². The molecule has 8 rings (SSSR count). The number of rotatable bonds is 9. The van der Waals surface area contributed by atoms with E-state index in [1.54, 1.807) is 19.1 Å². The molecule has 0 bridgehead atoms. The molecule has 0 atom stereocenters. The number of amides is 2. The highest BCUT2D eigenvalue weighted by atomic mass is 19.4. The van der Waals surface area contributed by atoms with Crippen LogP contribution in [0.4, 0.5) is 35.1 Å². The van der Waals surface area contributed by atoms with E-state index in [0.29, 0.717) is 50.1 Å². The second kappa shape index (κ2) is 20.7. The summed E-state index contributed by atoms with van der Waals surface area (Å²) >= 11 is 0. The van der Waals surface area contributed by atoms with E-state index in [4.69, 9.17) is 0 Å². The molecule has 0 aliphatic rings. The minimum atomic E-state index is -4.49. The van der Waals surface area contributed by atoms with E-state index in [0.717, 1.165) is 30.5 Å². The van der Waals surface area contributed by atoms with Crippen LogP contribution >= 0.6 is 0 Å². The first kappa shape index (κ1) is 48.2. The molecule has 8 aromatic rings. The number of alkyl halides is 6. The van der Waals surface area contributed by atoms with Gasteiger partial charge in [-0.25, -0.2) is 18.1 Å². The molecule has 0 saturated heterocycles. The maximum Gasteiger partial charge on any atom is 0.416 e. The van der Waals surface area contributed by atoms with Crippen LogP contribution in [0.15, 0.2) is 134 Å². The predicted octanol–water partition coefficient (Wildman–Crippen LogP) is 8.82. The van der Waals surface area contributed by atoms with Crippen molar-refractivity contribution < 1.29 is 59.0 Å². The van der Waals surface area contributed by atoms with Gasteiger partial charge in [0.15, 0.2) is 6.20 Å². The number of fused-ring (bicyclic) bond motifs is 2. The Morgan fingerprint density at radius 3 is 1.55 bits per heavy atom. The number of nitrogens with zero attached hydrogens (tertiary/aromatic N) is 6. The Kier molecular flexibility index (Phi) is 14.9. The average Bonchev–Trinajstić information content (AvgIpc) is 3.93. The third-order valence-electron chi connectivity index (χ3n) is 9.49. The van der Waals surface area contributed by atoms with Gasteiger partial charge in [0.2, 0.25) is 6.20 Å². The Morgan fingerprint density at radius 1 is 0.642 bits per heavy atom. The van der Waals surface area contributed by atoms with Gasteiger partial charge >= 0.3 is 18.3 Å². The first-order valence-corrected chi connectivity index (χ1v) is 19.8. The molecule has 67 heavy (non-hydrogen) atoms. The molecule has 2 amide bonds. The van der Waals surface area contributed by atoms with Crippen molar-refractivity contribution in [1.29, 1.82) is 0 Å². The molecule has 0 aliphatic heterocycles. The van der Waals surface area contributed by atoms with Crippen molar-refractivity contribution in [1.82, 2.24) is 35.2 Å². The number of pyridine rings is 2.